The zero-order valence-electron chi connectivity index (χ0n) is 11.9. The summed E-state index contributed by atoms with van der Waals surface area (Å²) in [4.78, 5) is 11.3. The van der Waals surface area contributed by atoms with Crippen LogP contribution in [0.4, 0.5) is 15.8 Å². The van der Waals surface area contributed by atoms with E-state index in [9.17, 15) is 9.18 Å². The second kappa shape index (κ2) is 5.56. The summed E-state index contributed by atoms with van der Waals surface area (Å²) in [7, 11) is 0. The Kier molecular flexibility index (Phi) is 3.60. The van der Waals surface area contributed by atoms with E-state index in [4.69, 9.17) is 0 Å². The first-order chi connectivity index (χ1) is 10.1. The highest BCUT2D eigenvalue weighted by Crippen LogP contribution is 2.26. The Balaban J connectivity index is 1.71. The van der Waals surface area contributed by atoms with Crippen LogP contribution in [0, 0.1) is 12.7 Å². The van der Waals surface area contributed by atoms with E-state index in [0.717, 1.165) is 28.9 Å². The van der Waals surface area contributed by atoms with Crippen LogP contribution in [0.5, 0.6) is 0 Å². The van der Waals surface area contributed by atoms with Gasteiger partial charge >= 0.3 is 0 Å². The van der Waals surface area contributed by atoms with Crippen molar-refractivity contribution in [2.75, 3.05) is 10.6 Å². The normalized spacial score (nSPS) is 13.5. The van der Waals surface area contributed by atoms with E-state index >= 15 is 0 Å². The fraction of sp³-hybridized carbons (Fsp3) is 0.235. The van der Waals surface area contributed by atoms with Gasteiger partial charge in [-0.25, -0.2) is 4.39 Å². The number of amides is 1. The molecule has 3 rings (SSSR count). The lowest BCUT2D eigenvalue weighted by Crippen LogP contribution is -2.18. The van der Waals surface area contributed by atoms with Crippen molar-refractivity contribution in [3.05, 3.63) is 58.9 Å². The van der Waals surface area contributed by atoms with Crippen molar-refractivity contribution < 1.29 is 9.18 Å². The maximum absolute atomic E-state index is 13.2. The number of anilines is 2. The summed E-state index contributed by atoms with van der Waals surface area (Å²) in [5.74, 6) is -0.103. The zero-order valence-corrected chi connectivity index (χ0v) is 11.9. The van der Waals surface area contributed by atoms with Gasteiger partial charge in [-0.3, -0.25) is 4.79 Å². The maximum Gasteiger partial charge on any atom is 0.224 e. The number of fused-ring (bicyclic) bond motifs is 1. The number of carbonyl (C=O) groups is 1. The first-order valence-corrected chi connectivity index (χ1v) is 7.03. The minimum Gasteiger partial charge on any atom is -0.381 e. The van der Waals surface area contributed by atoms with Gasteiger partial charge in [-0.15, -0.1) is 0 Å². The van der Waals surface area contributed by atoms with Gasteiger partial charge in [0, 0.05) is 24.3 Å². The lowest BCUT2D eigenvalue weighted by atomic mass is 10.0. The Labute approximate surface area is 123 Å². The van der Waals surface area contributed by atoms with Gasteiger partial charge in [0.15, 0.2) is 0 Å². The molecule has 0 unspecified atom stereocenters. The summed E-state index contributed by atoms with van der Waals surface area (Å²) >= 11 is 0. The lowest BCUT2D eigenvalue weighted by molar-refractivity contribution is -0.116. The Morgan fingerprint density at radius 1 is 1.19 bits per heavy atom. The van der Waals surface area contributed by atoms with Crippen LogP contribution in [0.1, 0.15) is 23.1 Å². The van der Waals surface area contributed by atoms with Crippen molar-refractivity contribution in [3.63, 3.8) is 0 Å². The molecule has 0 fully saturated rings. The minimum atomic E-state index is -0.178. The van der Waals surface area contributed by atoms with E-state index in [-0.39, 0.29) is 11.7 Å². The van der Waals surface area contributed by atoms with Crippen LogP contribution in [0.3, 0.4) is 0 Å². The second-order valence-electron chi connectivity index (χ2n) is 5.36. The summed E-state index contributed by atoms with van der Waals surface area (Å²) in [5.41, 5.74) is 4.75. The third-order valence-electron chi connectivity index (χ3n) is 3.72. The number of halogens is 1. The van der Waals surface area contributed by atoms with Crippen LogP contribution in [0.15, 0.2) is 36.4 Å². The van der Waals surface area contributed by atoms with Crippen molar-refractivity contribution in [3.8, 4) is 0 Å². The van der Waals surface area contributed by atoms with E-state index in [1.165, 1.54) is 6.07 Å². The molecule has 0 radical (unpaired) electrons. The number of nitrogens with one attached hydrogen (secondary N) is 2. The zero-order chi connectivity index (χ0) is 14.8. The predicted molar refractivity (Wildman–Crippen MR) is 81.9 cm³/mol. The molecule has 2 aromatic rings. The minimum absolute atomic E-state index is 0.0741. The van der Waals surface area contributed by atoms with Gasteiger partial charge in [-0.1, -0.05) is 12.1 Å². The second-order valence-corrected chi connectivity index (χ2v) is 5.36. The van der Waals surface area contributed by atoms with Gasteiger partial charge in [0.1, 0.15) is 5.82 Å². The molecule has 2 N–H and O–H groups in total. The average molecular weight is 284 g/mol. The van der Waals surface area contributed by atoms with Crippen LogP contribution in [-0.2, 0) is 17.8 Å². The Morgan fingerprint density at radius 2 is 2.05 bits per heavy atom. The Morgan fingerprint density at radius 3 is 2.86 bits per heavy atom. The standard InChI is InChI=1S/C17H17FN2O/c1-11-8-12(2-5-15(11)18)10-19-14-4-6-16-13(9-14)3-7-17(21)20-16/h2,4-6,8-9,19H,3,7,10H2,1H3,(H,20,21). The molecule has 1 amide bonds. The highest BCUT2D eigenvalue weighted by Gasteiger charge is 2.14. The van der Waals surface area contributed by atoms with Gasteiger partial charge in [0.2, 0.25) is 5.91 Å². The first-order valence-electron chi connectivity index (χ1n) is 7.03. The highest BCUT2D eigenvalue weighted by atomic mass is 19.1. The molecule has 2 aromatic carbocycles. The number of rotatable bonds is 3. The van der Waals surface area contributed by atoms with Crippen molar-refractivity contribution in [2.45, 2.75) is 26.3 Å². The van der Waals surface area contributed by atoms with E-state index in [1.807, 2.05) is 18.2 Å². The summed E-state index contributed by atoms with van der Waals surface area (Å²) < 4.78 is 13.2. The van der Waals surface area contributed by atoms with E-state index in [2.05, 4.69) is 16.7 Å². The van der Waals surface area contributed by atoms with E-state index in [1.54, 1.807) is 13.0 Å². The summed E-state index contributed by atoms with van der Waals surface area (Å²) in [6, 6.07) is 11.1. The van der Waals surface area contributed by atoms with Crippen LogP contribution < -0.4 is 10.6 Å². The molecule has 0 spiro atoms. The van der Waals surface area contributed by atoms with Crippen LogP contribution in [0.25, 0.3) is 0 Å². The van der Waals surface area contributed by atoms with Gasteiger partial charge in [-0.2, -0.15) is 0 Å². The molecule has 3 nitrogen and oxygen atoms in total. The van der Waals surface area contributed by atoms with E-state index < -0.39 is 0 Å². The molecule has 0 aliphatic carbocycles. The first kappa shape index (κ1) is 13.6. The number of carbonyl (C=O) groups excluding carboxylic acids is 1. The smallest absolute Gasteiger partial charge is 0.224 e. The predicted octanol–water partition coefficient (Wildman–Crippen LogP) is 3.63. The molecule has 1 aliphatic heterocycles. The number of hydrogen-bond donors (Lipinski definition) is 2. The fourth-order valence-corrected chi connectivity index (χ4v) is 2.51. The van der Waals surface area contributed by atoms with Crippen molar-refractivity contribution in [1.82, 2.24) is 0 Å². The number of aryl methyl sites for hydroxylation is 2. The fourth-order valence-electron chi connectivity index (χ4n) is 2.51. The lowest BCUT2D eigenvalue weighted by Gasteiger charge is -2.18. The number of benzene rings is 2. The summed E-state index contributed by atoms with van der Waals surface area (Å²) in [5, 5.41) is 6.20. The largest absolute Gasteiger partial charge is 0.381 e. The molecule has 0 bridgehead atoms. The van der Waals surface area contributed by atoms with Gasteiger partial charge in [0.05, 0.1) is 0 Å². The van der Waals surface area contributed by atoms with Crippen LogP contribution in [0.2, 0.25) is 0 Å². The maximum atomic E-state index is 13.2. The highest BCUT2D eigenvalue weighted by molar-refractivity contribution is 5.94. The molecular formula is C17H17FN2O. The van der Waals surface area contributed by atoms with Crippen LogP contribution in [-0.4, -0.2) is 5.91 Å². The van der Waals surface area contributed by atoms with Crippen molar-refractivity contribution in [2.24, 2.45) is 0 Å². The molecule has 0 aromatic heterocycles. The monoisotopic (exact) mass is 284 g/mol. The molecule has 0 saturated heterocycles. The molecule has 0 saturated carbocycles. The molecule has 4 heteroatoms. The summed E-state index contributed by atoms with van der Waals surface area (Å²) in [6.45, 7) is 2.41. The van der Waals surface area contributed by atoms with Crippen molar-refractivity contribution >= 4 is 17.3 Å². The quantitative estimate of drug-likeness (QED) is 0.903. The third kappa shape index (κ3) is 3.05. The molecule has 0 atom stereocenters. The van der Waals surface area contributed by atoms with Gasteiger partial charge in [0.25, 0.3) is 0 Å². The topological polar surface area (TPSA) is 41.1 Å². The average Bonchev–Trinajstić information content (AvgIpc) is 2.48. The molecule has 1 aliphatic rings. The van der Waals surface area contributed by atoms with Gasteiger partial charge < -0.3 is 10.6 Å². The summed E-state index contributed by atoms with van der Waals surface area (Å²) in [6.07, 6.45) is 1.31. The molecule has 1 heterocycles. The molecular weight excluding hydrogens is 267 g/mol. The molecule has 21 heavy (non-hydrogen) atoms. The van der Waals surface area contributed by atoms with Gasteiger partial charge in [-0.05, 0) is 54.3 Å². The SMILES string of the molecule is Cc1cc(CNc2ccc3c(c2)CCC(=O)N3)ccc1F. The Hall–Kier alpha value is -2.36. The molecule has 108 valence electrons. The Bertz CT molecular complexity index is 697. The third-order valence-corrected chi connectivity index (χ3v) is 3.72. The van der Waals surface area contributed by atoms with E-state index in [0.29, 0.717) is 18.5 Å². The van der Waals surface area contributed by atoms with Crippen molar-refractivity contribution in [1.29, 1.82) is 0 Å². The van der Waals surface area contributed by atoms with Crippen LogP contribution >= 0.6 is 0 Å². The number of hydrogen-bond acceptors (Lipinski definition) is 2.